The highest BCUT2D eigenvalue weighted by Crippen LogP contribution is 2.36. The van der Waals surface area contributed by atoms with Gasteiger partial charge in [-0.2, -0.15) is 0 Å². The minimum atomic E-state index is -3.86. The SMILES string of the molecule is CC(C)n1c(C(F)F)nc2cc(C(=O)Nc3ccc(OC(F)(F)Cl)cc3)cc(-c3cscn3)c21. The second kappa shape index (κ2) is 9.22. The van der Waals surface area contributed by atoms with E-state index < -0.39 is 23.7 Å². The minimum Gasteiger partial charge on any atom is -0.420 e. The van der Waals surface area contributed by atoms with E-state index in [1.165, 1.54) is 46.2 Å². The molecule has 34 heavy (non-hydrogen) atoms. The second-order valence-corrected chi connectivity index (χ2v) is 8.68. The van der Waals surface area contributed by atoms with Crippen LogP contribution in [0, 0.1) is 0 Å². The van der Waals surface area contributed by atoms with E-state index in [2.05, 4.69) is 20.0 Å². The highest BCUT2D eigenvalue weighted by Gasteiger charge is 2.28. The van der Waals surface area contributed by atoms with Gasteiger partial charge in [-0.1, -0.05) is 0 Å². The number of anilines is 1. The molecule has 0 saturated heterocycles. The molecular formula is C22H17ClF4N4O2S. The van der Waals surface area contributed by atoms with Gasteiger partial charge in [-0.05, 0) is 50.2 Å². The summed E-state index contributed by atoms with van der Waals surface area (Å²) >= 11 is 6.07. The number of hydrogen-bond acceptors (Lipinski definition) is 5. The summed E-state index contributed by atoms with van der Waals surface area (Å²) < 4.78 is 58.7. The van der Waals surface area contributed by atoms with Gasteiger partial charge in [-0.25, -0.2) is 18.7 Å². The molecule has 4 aromatic rings. The molecule has 0 aliphatic carbocycles. The zero-order valence-corrected chi connectivity index (χ0v) is 19.3. The second-order valence-electron chi connectivity index (χ2n) is 7.53. The first-order chi connectivity index (χ1) is 16.0. The van der Waals surface area contributed by atoms with Crippen molar-refractivity contribution in [1.29, 1.82) is 0 Å². The fourth-order valence-corrected chi connectivity index (χ4v) is 4.18. The number of imidazole rings is 1. The number of carbonyl (C=O) groups is 1. The van der Waals surface area contributed by atoms with Crippen LogP contribution >= 0.6 is 22.9 Å². The van der Waals surface area contributed by atoms with E-state index in [0.717, 1.165) is 0 Å². The normalized spacial score (nSPS) is 12.0. The van der Waals surface area contributed by atoms with Crippen LogP contribution in [-0.2, 0) is 0 Å². The number of aromatic nitrogens is 3. The minimum absolute atomic E-state index is 0.164. The van der Waals surface area contributed by atoms with Crippen LogP contribution in [-0.4, -0.2) is 26.0 Å². The van der Waals surface area contributed by atoms with Gasteiger partial charge in [0.1, 0.15) is 5.75 Å². The van der Waals surface area contributed by atoms with E-state index in [1.54, 1.807) is 30.8 Å². The number of fused-ring (bicyclic) bond motifs is 1. The molecule has 1 amide bonds. The third kappa shape index (κ3) is 5.00. The molecule has 0 unspecified atom stereocenters. The molecule has 6 nitrogen and oxygen atoms in total. The van der Waals surface area contributed by atoms with Crippen molar-refractivity contribution in [2.75, 3.05) is 5.32 Å². The molecule has 12 heteroatoms. The van der Waals surface area contributed by atoms with Crippen LogP contribution in [0.2, 0.25) is 0 Å². The van der Waals surface area contributed by atoms with Gasteiger partial charge in [0.15, 0.2) is 5.82 Å². The Labute approximate surface area is 200 Å². The Bertz CT molecular complexity index is 1320. The van der Waals surface area contributed by atoms with Crippen LogP contribution in [0.5, 0.6) is 5.75 Å². The molecule has 178 valence electrons. The molecular weight excluding hydrogens is 496 g/mol. The van der Waals surface area contributed by atoms with Crippen LogP contribution in [0.25, 0.3) is 22.3 Å². The van der Waals surface area contributed by atoms with E-state index in [4.69, 9.17) is 11.6 Å². The molecule has 1 N–H and O–H groups in total. The maximum Gasteiger partial charge on any atom is 0.487 e. The standard InChI is InChI=1S/C22H17ClF4N4O2S/c1-11(2)31-18-15(17-9-34-10-28-17)7-12(8-16(18)30-20(31)19(24)25)21(32)29-13-3-5-14(6-4-13)33-22(23,26)27/h3-11,19H,1-2H3,(H,29,32). The first-order valence-electron chi connectivity index (χ1n) is 9.93. The van der Waals surface area contributed by atoms with Gasteiger partial charge >= 0.3 is 5.57 Å². The summed E-state index contributed by atoms with van der Waals surface area (Å²) in [5.74, 6) is -1.14. The monoisotopic (exact) mass is 512 g/mol. The van der Waals surface area contributed by atoms with Crippen molar-refractivity contribution in [2.45, 2.75) is 31.9 Å². The maximum absolute atomic E-state index is 13.7. The number of nitrogens with zero attached hydrogens (tertiary/aromatic N) is 3. The Balaban J connectivity index is 1.74. The molecule has 0 saturated carbocycles. The lowest BCUT2D eigenvalue weighted by atomic mass is 10.0. The van der Waals surface area contributed by atoms with Crippen molar-refractivity contribution < 1.29 is 27.1 Å². The van der Waals surface area contributed by atoms with Crippen molar-refractivity contribution >= 4 is 45.6 Å². The highest BCUT2D eigenvalue weighted by atomic mass is 35.5. The Morgan fingerprint density at radius 2 is 1.91 bits per heavy atom. The third-order valence-corrected chi connectivity index (χ3v) is 5.50. The molecule has 4 rings (SSSR count). The van der Waals surface area contributed by atoms with Gasteiger partial charge in [0.2, 0.25) is 0 Å². The molecule has 0 aliphatic rings. The van der Waals surface area contributed by atoms with Gasteiger partial charge in [-0.15, -0.1) is 20.1 Å². The van der Waals surface area contributed by atoms with Crippen LogP contribution in [0.15, 0.2) is 47.3 Å². The van der Waals surface area contributed by atoms with E-state index in [-0.39, 0.29) is 22.9 Å². The van der Waals surface area contributed by atoms with Gasteiger partial charge in [0.25, 0.3) is 12.3 Å². The Kier molecular flexibility index (Phi) is 6.50. The lowest BCUT2D eigenvalue weighted by molar-refractivity contribution is -0.0964. The summed E-state index contributed by atoms with van der Waals surface area (Å²) in [5.41, 5.74) is -0.0944. The number of rotatable bonds is 7. The van der Waals surface area contributed by atoms with Gasteiger partial charge in [-0.3, -0.25) is 4.79 Å². The van der Waals surface area contributed by atoms with Gasteiger partial charge in [0, 0.05) is 39.8 Å². The summed E-state index contributed by atoms with van der Waals surface area (Å²) in [7, 11) is 0. The Morgan fingerprint density at radius 3 is 2.47 bits per heavy atom. The summed E-state index contributed by atoms with van der Waals surface area (Å²) in [6, 6.07) is 7.83. The fraction of sp³-hybridized carbons (Fsp3) is 0.227. The van der Waals surface area contributed by atoms with Crippen molar-refractivity contribution in [3.63, 3.8) is 0 Å². The number of nitrogens with one attached hydrogen (secondary N) is 1. The van der Waals surface area contributed by atoms with E-state index in [1.807, 2.05) is 0 Å². The van der Waals surface area contributed by atoms with Crippen LogP contribution in [0.1, 0.15) is 42.5 Å². The van der Waals surface area contributed by atoms with Crippen molar-refractivity contribution in [2.24, 2.45) is 0 Å². The number of carbonyl (C=O) groups excluding carboxylic acids is 1. The molecule has 0 radical (unpaired) electrons. The van der Waals surface area contributed by atoms with Crippen LogP contribution in [0.3, 0.4) is 0 Å². The van der Waals surface area contributed by atoms with E-state index in [9.17, 15) is 22.4 Å². The number of benzene rings is 2. The number of amides is 1. The topological polar surface area (TPSA) is 69.0 Å². The molecule has 0 aliphatic heterocycles. The molecule has 0 atom stereocenters. The predicted octanol–water partition coefficient (Wildman–Crippen LogP) is 7.10. The number of hydrogen-bond donors (Lipinski definition) is 1. The molecule has 0 spiro atoms. The zero-order chi connectivity index (χ0) is 24.6. The molecule has 0 fully saturated rings. The molecule has 2 aromatic carbocycles. The molecule has 2 aromatic heterocycles. The maximum atomic E-state index is 13.7. The summed E-state index contributed by atoms with van der Waals surface area (Å²) in [5, 5.41) is 4.39. The molecule has 2 heterocycles. The Hall–Kier alpha value is -3.18. The summed E-state index contributed by atoms with van der Waals surface area (Å²) in [4.78, 5) is 21.4. The first kappa shape index (κ1) is 24.0. The number of alkyl halides is 5. The quantitative estimate of drug-likeness (QED) is 0.212. The summed E-state index contributed by atoms with van der Waals surface area (Å²) in [6.07, 6.45) is -2.81. The van der Waals surface area contributed by atoms with Crippen molar-refractivity contribution in [1.82, 2.24) is 14.5 Å². The Morgan fingerprint density at radius 1 is 1.21 bits per heavy atom. The average Bonchev–Trinajstić information content (AvgIpc) is 3.41. The van der Waals surface area contributed by atoms with Crippen LogP contribution < -0.4 is 10.1 Å². The first-order valence-corrected chi connectivity index (χ1v) is 11.3. The van der Waals surface area contributed by atoms with E-state index in [0.29, 0.717) is 22.5 Å². The lowest BCUT2D eigenvalue weighted by Gasteiger charge is -2.15. The van der Waals surface area contributed by atoms with E-state index >= 15 is 0 Å². The lowest BCUT2D eigenvalue weighted by Crippen LogP contribution is -2.16. The fourth-order valence-electron chi connectivity index (χ4n) is 3.54. The third-order valence-electron chi connectivity index (χ3n) is 4.84. The average molecular weight is 513 g/mol. The van der Waals surface area contributed by atoms with Crippen molar-refractivity contribution in [3.8, 4) is 17.0 Å². The number of thiazole rings is 1. The number of halogens is 5. The predicted molar refractivity (Wildman–Crippen MR) is 122 cm³/mol. The number of ether oxygens (including phenoxy) is 1. The van der Waals surface area contributed by atoms with Gasteiger partial charge in [0.05, 0.1) is 22.2 Å². The largest absolute Gasteiger partial charge is 0.487 e. The van der Waals surface area contributed by atoms with Gasteiger partial charge < -0.3 is 14.6 Å². The highest BCUT2D eigenvalue weighted by molar-refractivity contribution is 7.07. The smallest absolute Gasteiger partial charge is 0.420 e. The summed E-state index contributed by atoms with van der Waals surface area (Å²) in [6.45, 7) is 3.54. The van der Waals surface area contributed by atoms with Crippen LogP contribution in [0.4, 0.5) is 23.2 Å². The molecule has 0 bridgehead atoms. The van der Waals surface area contributed by atoms with Crippen molar-refractivity contribution in [3.05, 3.63) is 58.7 Å². The zero-order valence-electron chi connectivity index (χ0n) is 17.7.